The standard InChI is InChI=1S/C15H24BrNO/c1-5-15(6-2,11-17-3)10-12-9-13(18-4)7-8-14(12)16/h7-9,17H,5-6,10-11H2,1-4H3. The van der Waals surface area contributed by atoms with Gasteiger partial charge in [0.2, 0.25) is 0 Å². The third-order valence-electron chi connectivity index (χ3n) is 3.87. The number of nitrogens with one attached hydrogen (secondary N) is 1. The van der Waals surface area contributed by atoms with Crippen molar-refractivity contribution in [2.75, 3.05) is 20.7 Å². The summed E-state index contributed by atoms with van der Waals surface area (Å²) in [6, 6.07) is 6.20. The molecule has 0 aliphatic rings. The average molecular weight is 314 g/mol. The number of ether oxygens (including phenoxy) is 1. The van der Waals surface area contributed by atoms with E-state index in [4.69, 9.17) is 4.74 Å². The van der Waals surface area contributed by atoms with E-state index >= 15 is 0 Å². The van der Waals surface area contributed by atoms with E-state index in [1.165, 1.54) is 22.9 Å². The van der Waals surface area contributed by atoms with Gasteiger partial charge in [0.15, 0.2) is 0 Å². The number of methoxy groups -OCH3 is 1. The van der Waals surface area contributed by atoms with Gasteiger partial charge in [0, 0.05) is 11.0 Å². The molecule has 0 spiro atoms. The minimum Gasteiger partial charge on any atom is -0.497 e. The number of benzene rings is 1. The van der Waals surface area contributed by atoms with E-state index in [-0.39, 0.29) is 0 Å². The van der Waals surface area contributed by atoms with Crippen LogP contribution in [0.4, 0.5) is 0 Å². The molecular weight excluding hydrogens is 290 g/mol. The lowest BCUT2D eigenvalue weighted by molar-refractivity contribution is 0.252. The van der Waals surface area contributed by atoms with E-state index in [2.05, 4.69) is 47.2 Å². The van der Waals surface area contributed by atoms with Gasteiger partial charge in [-0.25, -0.2) is 0 Å². The van der Waals surface area contributed by atoms with Gasteiger partial charge in [-0.05, 0) is 55.5 Å². The molecule has 1 aromatic carbocycles. The molecule has 1 aromatic rings. The van der Waals surface area contributed by atoms with Crippen molar-refractivity contribution in [3.63, 3.8) is 0 Å². The molecule has 18 heavy (non-hydrogen) atoms. The molecule has 0 amide bonds. The van der Waals surface area contributed by atoms with Crippen molar-refractivity contribution in [3.8, 4) is 5.75 Å². The molecule has 0 bridgehead atoms. The molecule has 3 heteroatoms. The largest absolute Gasteiger partial charge is 0.497 e. The summed E-state index contributed by atoms with van der Waals surface area (Å²) in [4.78, 5) is 0. The molecule has 0 saturated heterocycles. The predicted molar refractivity (Wildman–Crippen MR) is 81.3 cm³/mol. The van der Waals surface area contributed by atoms with Gasteiger partial charge >= 0.3 is 0 Å². The Morgan fingerprint density at radius 1 is 1.28 bits per heavy atom. The lowest BCUT2D eigenvalue weighted by Gasteiger charge is -2.32. The first-order valence-electron chi connectivity index (χ1n) is 6.57. The van der Waals surface area contributed by atoms with Crippen molar-refractivity contribution in [2.45, 2.75) is 33.1 Å². The minimum absolute atomic E-state index is 0.323. The van der Waals surface area contributed by atoms with Crippen LogP contribution < -0.4 is 10.1 Å². The van der Waals surface area contributed by atoms with Crippen LogP contribution in [-0.2, 0) is 6.42 Å². The Labute approximate surface area is 119 Å². The zero-order chi connectivity index (χ0) is 13.6. The van der Waals surface area contributed by atoms with Gasteiger partial charge in [0.05, 0.1) is 7.11 Å². The van der Waals surface area contributed by atoms with Gasteiger partial charge < -0.3 is 10.1 Å². The first-order valence-corrected chi connectivity index (χ1v) is 7.37. The van der Waals surface area contributed by atoms with Crippen LogP contribution in [0.3, 0.4) is 0 Å². The Bertz CT molecular complexity index is 375. The molecule has 0 atom stereocenters. The summed E-state index contributed by atoms with van der Waals surface area (Å²) in [6.45, 7) is 5.59. The van der Waals surface area contributed by atoms with Crippen molar-refractivity contribution in [1.29, 1.82) is 0 Å². The molecule has 0 unspecified atom stereocenters. The zero-order valence-corrected chi connectivity index (χ0v) is 13.4. The van der Waals surface area contributed by atoms with E-state index < -0.39 is 0 Å². The highest BCUT2D eigenvalue weighted by atomic mass is 79.9. The smallest absolute Gasteiger partial charge is 0.119 e. The van der Waals surface area contributed by atoms with Crippen molar-refractivity contribution in [3.05, 3.63) is 28.2 Å². The monoisotopic (exact) mass is 313 g/mol. The fraction of sp³-hybridized carbons (Fsp3) is 0.600. The SMILES string of the molecule is CCC(CC)(CNC)Cc1cc(OC)ccc1Br. The molecule has 0 aliphatic heterocycles. The first-order chi connectivity index (χ1) is 8.60. The summed E-state index contributed by atoms with van der Waals surface area (Å²) in [5, 5.41) is 3.33. The maximum Gasteiger partial charge on any atom is 0.119 e. The fourth-order valence-corrected chi connectivity index (χ4v) is 2.79. The van der Waals surface area contributed by atoms with Crippen molar-refractivity contribution in [2.24, 2.45) is 5.41 Å². The lowest BCUT2D eigenvalue weighted by Crippen LogP contribution is -2.33. The summed E-state index contributed by atoms with van der Waals surface area (Å²) >= 11 is 3.65. The normalized spacial score (nSPS) is 11.6. The molecule has 0 aromatic heterocycles. The second kappa shape index (κ2) is 7.15. The molecule has 1 N–H and O–H groups in total. The summed E-state index contributed by atoms with van der Waals surface area (Å²) in [7, 11) is 3.74. The van der Waals surface area contributed by atoms with E-state index in [0.29, 0.717) is 5.41 Å². The Hall–Kier alpha value is -0.540. The van der Waals surface area contributed by atoms with Crippen LogP contribution in [0.5, 0.6) is 5.75 Å². The van der Waals surface area contributed by atoms with Crippen LogP contribution in [-0.4, -0.2) is 20.7 Å². The van der Waals surface area contributed by atoms with E-state index in [1.54, 1.807) is 7.11 Å². The Kier molecular flexibility index (Phi) is 6.16. The number of hydrogen-bond acceptors (Lipinski definition) is 2. The molecule has 0 aliphatic carbocycles. The highest BCUT2D eigenvalue weighted by Crippen LogP contribution is 2.34. The second-order valence-electron chi connectivity index (χ2n) is 4.87. The topological polar surface area (TPSA) is 21.3 Å². The Morgan fingerprint density at radius 3 is 2.44 bits per heavy atom. The van der Waals surface area contributed by atoms with E-state index in [1.807, 2.05) is 13.1 Å². The fourth-order valence-electron chi connectivity index (χ4n) is 2.41. The molecular formula is C15H24BrNO. The summed E-state index contributed by atoms with van der Waals surface area (Å²) in [5.74, 6) is 0.929. The summed E-state index contributed by atoms with van der Waals surface area (Å²) in [5.41, 5.74) is 1.65. The first kappa shape index (κ1) is 15.5. The van der Waals surface area contributed by atoms with Crippen LogP contribution in [0.2, 0.25) is 0 Å². The highest BCUT2D eigenvalue weighted by molar-refractivity contribution is 9.10. The van der Waals surface area contributed by atoms with Crippen LogP contribution in [0, 0.1) is 5.41 Å². The maximum atomic E-state index is 5.32. The number of halogens is 1. The van der Waals surface area contributed by atoms with Gasteiger partial charge in [-0.1, -0.05) is 29.8 Å². The third-order valence-corrected chi connectivity index (χ3v) is 4.64. The van der Waals surface area contributed by atoms with Crippen LogP contribution in [0.15, 0.2) is 22.7 Å². The minimum atomic E-state index is 0.323. The van der Waals surface area contributed by atoms with Gasteiger partial charge in [-0.3, -0.25) is 0 Å². The van der Waals surface area contributed by atoms with Crippen molar-refractivity contribution in [1.82, 2.24) is 5.32 Å². The molecule has 2 nitrogen and oxygen atoms in total. The van der Waals surface area contributed by atoms with E-state index in [0.717, 1.165) is 18.7 Å². The van der Waals surface area contributed by atoms with Gasteiger partial charge in [-0.15, -0.1) is 0 Å². The predicted octanol–water partition coefficient (Wildman–Crippen LogP) is 4.03. The van der Waals surface area contributed by atoms with Crippen LogP contribution in [0.25, 0.3) is 0 Å². The second-order valence-corrected chi connectivity index (χ2v) is 5.73. The summed E-state index contributed by atoms with van der Waals surface area (Å²) < 4.78 is 6.49. The zero-order valence-electron chi connectivity index (χ0n) is 11.8. The summed E-state index contributed by atoms with van der Waals surface area (Å²) in [6.07, 6.45) is 3.42. The van der Waals surface area contributed by atoms with Crippen LogP contribution in [0.1, 0.15) is 32.3 Å². The van der Waals surface area contributed by atoms with Gasteiger partial charge in [0.25, 0.3) is 0 Å². The third kappa shape index (κ3) is 3.72. The van der Waals surface area contributed by atoms with Crippen LogP contribution >= 0.6 is 15.9 Å². The molecule has 1 rings (SSSR count). The molecule has 0 fully saturated rings. The van der Waals surface area contributed by atoms with Crippen molar-refractivity contribution >= 4 is 15.9 Å². The maximum absolute atomic E-state index is 5.32. The van der Waals surface area contributed by atoms with Gasteiger partial charge in [0.1, 0.15) is 5.75 Å². The molecule has 102 valence electrons. The van der Waals surface area contributed by atoms with E-state index in [9.17, 15) is 0 Å². The van der Waals surface area contributed by atoms with Gasteiger partial charge in [-0.2, -0.15) is 0 Å². The number of rotatable bonds is 7. The lowest BCUT2D eigenvalue weighted by atomic mass is 9.77. The molecule has 0 saturated carbocycles. The Balaban J connectivity index is 2.99. The Morgan fingerprint density at radius 2 is 1.94 bits per heavy atom. The average Bonchev–Trinajstić information content (AvgIpc) is 2.40. The van der Waals surface area contributed by atoms with Crippen molar-refractivity contribution < 1.29 is 4.74 Å². The quantitative estimate of drug-likeness (QED) is 0.820. The number of hydrogen-bond donors (Lipinski definition) is 1. The highest BCUT2D eigenvalue weighted by Gasteiger charge is 2.26. The molecule has 0 radical (unpaired) electrons. The molecule has 0 heterocycles.